The summed E-state index contributed by atoms with van der Waals surface area (Å²) in [5.41, 5.74) is 4.35. The van der Waals surface area contributed by atoms with E-state index in [9.17, 15) is 14.7 Å². The summed E-state index contributed by atoms with van der Waals surface area (Å²) in [4.78, 5) is 31.6. The molecule has 0 N–H and O–H groups in total. The van der Waals surface area contributed by atoms with Crippen LogP contribution in [0.2, 0.25) is 0 Å². The maximum absolute atomic E-state index is 13.7. The number of anilines is 1. The maximum atomic E-state index is 13.7. The Morgan fingerprint density at radius 3 is 2.37 bits per heavy atom. The fourth-order valence-electron chi connectivity index (χ4n) is 3.82. The summed E-state index contributed by atoms with van der Waals surface area (Å²) in [7, 11) is 0. The number of carbonyl (C=O) groups excluding carboxylic acids is 2. The van der Waals surface area contributed by atoms with E-state index in [-0.39, 0.29) is 5.91 Å². The van der Waals surface area contributed by atoms with E-state index in [1.54, 1.807) is 35.2 Å². The number of aliphatic imine (C=N–C) groups is 1. The smallest absolute Gasteiger partial charge is 0.271 e. The van der Waals surface area contributed by atoms with Crippen LogP contribution in [0.1, 0.15) is 30.5 Å². The molecule has 1 saturated heterocycles. The van der Waals surface area contributed by atoms with Gasteiger partial charge in [0.2, 0.25) is 0 Å². The van der Waals surface area contributed by atoms with Crippen LogP contribution in [0.4, 0.5) is 11.4 Å². The summed E-state index contributed by atoms with van der Waals surface area (Å²) in [6.07, 6.45) is 3.30. The number of ether oxygens (including phenoxy) is 1. The standard InChI is InChI=1S/C28H26N2O4S/c1-3-19-11-5-8-14-22(19)29-28-30(23-15-9-6-12-20(23)4-2)27(33)25(35-28)17-21-13-7-10-16-24(21)34-18-26(31)32/h5-17H,3-4,18H2,1-2H3,(H,31,32)/p-1/b25-17-,29-28?. The van der Waals surface area contributed by atoms with Crippen molar-refractivity contribution >= 4 is 46.3 Å². The first-order valence-corrected chi connectivity index (χ1v) is 12.2. The molecule has 0 radical (unpaired) electrons. The molecule has 35 heavy (non-hydrogen) atoms. The van der Waals surface area contributed by atoms with Gasteiger partial charge in [-0.2, -0.15) is 0 Å². The molecule has 7 heteroatoms. The van der Waals surface area contributed by atoms with Crippen molar-refractivity contribution in [1.82, 2.24) is 0 Å². The Labute approximate surface area is 209 Å². The normalized spacial score (nSPS) is 15.7. The van der Waals surface area contributed by atoms with Gasteiger partial charge in [-0.1, -0.05) is 68.4 Å². The van der Waals surface area contributed by atoms with Crippen molar-refractivity contribution in [2.24, 2.45) is 4.99 Å². The largest absolute Gasteiger partial charge is 0.546 e. The third-order valence-electron chi connectivity index (χ3n) is 5.56. The molecule has 4 rings (SSSR count). The number of amidine groups is 1. The summed E-state index contributed by atoms with van der Waals surface area (Å²) in [6.45, 7) is 3.56. The average Bonchev–Trinajstić information content (AvgIpc) is 3.17. The zero-order valence-corrected chi connectivity index (χ0v) is 20.4. The molecule has 178 valence electrons. The van der Waals surface area contributed by atoms with Crippen LogP contribution in [0.3, 0.4) is 0 Å². The lowest BCUT2D eigenvalue weighted by atomic mass is 10.1. The number of aliphatic carboxylic acids is 1. The van der Waals surface area contributed by atoms with Crippen molar-refractivity contribution in [3.8, 4) is 5.75 Å². The molecule has 6 nitrogen and oxygen atoms in total. The van der Waals surface area contributed by atoms with Crippen molar-refractivity contribution in [3.63, 3.8) is 0 Å². The minimum Gasteiger partial charge on any atom is -0.546 e. The number of aryl methyl sites for hydroxylation is 2. The fraction of sp³-hybridized carbons (Fsp3) is 0.179. The van der Waals surface area contributed by atoms with Crippen LogP contribution >= 0.6 is 11.8 Å². The summed E-state index contributed by atoms with van der Waals surface area (Å²) in [5, 5.41) is 11.4. The van der Waals surface area contributed by atoms with Crippen LogP contribution in [0.15, 0.2) is 82.7 Å². The van der Waals surface area contributed by atoms with Gasteiger partial charge in [0.1, 0.15) is 12.4 Å². The van der Waals surface area contributed by atoms with Gasteiger partial charge in [-0.15, -0.1) is 0 Å². The predicted molar refractivity (Wildman–Crippen MR) is 139 cm³/mol. The van der Waals surface area contributed by atoms with Crippen molar-refractivity contribution in [3.05, 3.63) is 94.4 Å². The molecule has 0 unspecified atom stereocenters. The number of carbonyl (C=O) groups is 2. The molecule has 1 aliphatic rings. The van der Waals surface area contributed by atoms with Crippen LogP contribution in [-0.4, -0.2) is 23.7 Å². The minimum atomic E-state index is -1.31. The van der Waals surface area contributed by atoms with Crippen molar-refractivity contribution in [2.75, 3.05) is 11.5 Å². The third kappa shape index (κ3) is 5.46. The number of thioether (sulfide) groups is 1. The molecule has 0 saturated carbocycles. The van der Waals surface area contributed by atoms with Crippen molar-refractivity contribution in [1.29, 1.82) is 0 Å². The second-order valence-electron chi connectivity index (χ2n) is 7.81. The number of hydrogen-bond acceptors (Lipinski definition) is 6. The quantitative estimate of drug-likeness (QED) is 0.430. The van der Waals surface area contributed by atoms with Gasteiger partial charge in [0.15, 0.2) is 5.17 Å². The van der Waals surface area contributed by atoms with Gasteiger partial charge in [0.05, 0.1) is 22.2 Å². The van der Waals surface area contributed by atoms with Gasteiger partial charge < -0.3 is 14.6 Å². The molecule has 0 aliphatic carbocycles. The number of rotatable bonds is 8. The Balaban J connectivity index is 1.81. The fourth-order valence-corrected chi connectivity index (χ4v) is 4.80. The molecule has 3 aromatic rings. The Hall–Kier alpha value is -3.84. The Morgan fingerprint density at radius 1 is 0.971 bits per heavy atom. The number of carboxylic acids is 1. The van der Waals surface area contributed by atoms with Gasteiger partial charge in [-0.3, -0.25) is 9.69 Å². The first-order valence-electron chi connectivity index (χ1n) is 11.4. The highest BCUT2D eigenvalue weighted by Gasteiger charge is 2.36. The summed E-state index contributed by atoms with van der Waals surface area (Å²) >= 11 is 1.29. The van der Waals surface area contributed by atoms with E-state index in [1.165, 1.54) is 11.8 Å². The van der Waals surface area contributed by atoms with E-state index in [4.69, 9.17) is 9.73 Å². The van der Waals surface area contributed by atoms with Gasteiger partial charge in [-0.05, 0) is 60.0 Å². The first kappa shape index (κ1) is 24.3. The molecule has 0 spiro atoms. The first-order chi connectivity index (χ1) is 17.0. The zero-order valence-electron chi connectivity index (χ0n) is 19.6. The van der Waals surface area contributed by atoms with Gasteiger partial charge in [-0.25, -0.2) is 4.99 Å². The lowest BCUT2D eigenvalue weighted by Gasteiger charge is -2.19. The molecular weight excluding hydrogens is 460 g/mol. The van der Waals surface area contributed by atoms with Crippen LogP contribution in [-0.2, 0) is 22.4 Å². The number of carboxylic acid groups (broad SMARTS) is 1. The summed E-state index contributed by atoms with van der Waals surface area (Å²) in [6, 6.07) is 22.7. The zero-order chi connectivity index (χ0) is 24.8. The average molecular weight is 486 g/mol. The molecule has 1 heterocycles. The lowest BCUT2D eigenvalue weighted by molar-refractivity contribution is -0.307. The summed E-state index contributed by atoms with van der Waals surface area (Å²) < 4.78 is 5.37. The third-order valence-corrected chi connectivity index (χ3v) is 6.53. The van der Waals surface area contributed by atoms with Crippen molar-refractivity contribution < 1.29 is 19.4 Å². The van der Waals surface area contributed by atoms with E-state index in [1.807, 2.05) is 48.5 Å². The lowest BCUT2D eigenvalue weighted by Crippen LogP contribution is -2.29. The highest BCUT2D eigenvalue weighted by Crippen LogP contribution is 2.40. The molecular formula is C28H25N2O4S-. The second-order valence-corrected chi connectivity index (χ2v) is 8.82. The summed E-state index contributed by atoms with van der Waals surface area (Å²) in [5.74, 6) is -1.15. The number of amides is 1. The maximum Gasteiger partial charge on any atom is 0.271 e. The minimum absolute atomic E-state index is 0.196. The molecule has 0 atom stereocenters. The highest BCUT2D eigenvalue weighted by molar-refractivity contribution is 8.19. The van der Waals surface area contributed by atoms with Crippen molar-refractivity contribution in [2.45, 2.75) is 26.7 Å². The Kier molecular flexibility index (Phi) is 7.67. The van der Waals surface area contributed by atoms with Crippen LogP contribution in [0, 0.1) is 0 Å². The topological polar surface area (TPSA) is 82.0 Å². The monoisotopic (exact) mass is 485 g/mol. The predicted octanol–water partition coefficient (Wildman–Crippen LogP) is 4.75. The van der Waals surface area contributed by atoms with Gasteiger partial charge in [0, 0.05) is 5.56 Å². The molecule has 1 amide bonds. The molecule has 0 aromatic heterocycles. The van der Waals surface area contributed by atoms with E-state index in [0.717, 1.165) is 35.3 Å². The molecule has 3 aromatic carbocycles. The van der Waals surface area contributed by atoms with Gasteiger partial charge >= 0.3 is 0 Å². The van der Waals surface area contributed by atoms with E-state index >= 15 is 0 Å². The van der Waals surface area contributed by atoms with E-state index in [2.05, 4.69) is 13.8 Å². The van der Waals surface area contributed by atoms with Crippen LogP contribution in [0.5, 0.6) is 5.75 Å². The Morgan fingerprint density at radius 2 is 1.63 bits per heavy atom. The van der Waals surface area contributed by atoms with Gasteiger partial charge in [0.25, 0.3) is 5.91 Å². The van der Waals surface area contributed by atoms with Crippen LogP contribution < -0.4 is 14.7 Å². The SMILES string of the molecule is CCc1ccccc1N=C1S/C(=C\c2ccccc2OCC(=O)[O-])C(=O)N1c1ccccc1CC. The highest BCUT2D eigenvalue weighted by atomic mass is 32.2. The molecule has 0 bridgehead atoms. The number of para-hydroxylation sites is 3. The van der Waals surface area contributed by atoms with E-state index in [0.29, 0.717) is 21.4 Å². The van der Waals surface area contributed by atoms with E-state index < -0.39 is 12.6 Å². The number of benzene rings is 3. The Bertz CT molecular complexity index is 1320. The second kappa shape index (κ2) is 11.1. The number of nitrogens with zero attached hydrogens (tertiary/aromatic N) is 2. The molecule has 1 fully saturated rings. The van der Waals surface area contributed by atoms with Crippen LogP contribution in [0.25, 0.3) is 6.08 Å². The number of hydrogen-bond donors (Lipinski definition) is 0. The molecule has 1 aliphatic heterocycles.